The van der Waals surface area contributed by atoms with Crippen molar-refractivity contribution in [3.63, 3.8) is 0 Å². The quantitative estimate of drug-likeness (QED) is 0.428. The van der Waals surface area contributed by atoms with E-state index in [1.165, 1.54) is 16.4 Å². The Morgan fingerprint density at radius 3 is 2.23 bits per heavy atom. The summed E-state index contributed by atoms with van der Waals surface area (Å²) in [7, 11) is -3.85. The number of piperidine rings is 1. The van der Waals surface area contributed by atoms with Crippen molar-refractivity contribution in [2.45, 2.75) is 31.1 Å². The van der Waals surface area contributed by atoms with E-state index in [0.29, 0.717) is 30.9 Å². The summed E-state index contributed by atoms with van der Waals surface area (Å²) in [5, 5.41) is 0.153. The molecule has 6 nitrogen and oxygen atoms in total. The van der Waals surface area contributed by atoms with Gasteiger partial charge in [0.25, 0.3) is 0 Å². The first-order valence-corrected chi connectivity index (χ1v) is 11.9. The van der Waals surface area contributed by atoms with E-state index in [1.54, 1.807) is 24.3 Å². The Balaban J connectivity index is 1.65. The molecule has 0 spiro atoms. The molecule has 0 N–H and O–H groups in total. The van der Waals surface area contributed by atoms with Crippen LogP contribution >= 0.6 is 23.2 Å². The van der Waals surface area contributed by atoms with Crippen LogP contribution in [0.5, 0.6) is 11.5 Å². The van der Waals surface area contributed by atoms with Crippen LogP contribution in [-0.2, 0) is 14.8 Å². The summed E-state index contributed by atoms with van der Waals surface area (Å²) in [6, 6.07) is 11.6. The largest absolute Gasteiger partial charge is 0.490 e. The van der Waals surface area contributed by atoms with Crippen LogP contribution in [0.4, 0.5) is 0 Å². The summed E-state index contributed by atoms with van der Waals surface area (Å²) >= 11 is 12.2. The van der Waals surface area contributed by atoms with Gasteiger partial charge in [0, 0.05) is 13.1 Å². The average molecular weight is 472 g/mol. The predicted molar refractivity (Wildman–Crippen MR) is 116 cm³/mol. The van der Waals surface area contributed by atoms with Gasteiger partial charge in [-0.25, -0.2) is 8.42 Å². The normalized spacial score (nSPS) is 15.7. The Hall–Kier alpha value is -1.80. The van der Waals surface area contributed by atoms with Crippen LogP contribution < -0.4 is 9.47 Å². The number of hydrogen-bond donors (Lipinski definition) is 0. The molecule has 2 aromatic carbocycles. The number of esters is 1. The van der Waals surface area contributed by atoms with Crippen molar-refractivity contribution in [2.24, 2.45) is 5.92 Å². The van der Waals surface area contributed by atoms with Crippen molar-refractivity contribution in [3.8, 4) is 11.5 Å². The van der Waals surface area contributed by atoms with Gasteiger partial charge in [0.05, 0.1) is 22.6 Å². The van der Waals surface area contributed by atoms with Gasteiger partial charge in [-0.1, -0.05) is 48.3 Å². The molecule has 9 heteroatoms. The maximum Gasteiger partial charge on any atom is 0.314 e. The van der Waals surface area contributed by atoms with Gasteiger partial charge in [0.2, 0.25) is 10.0 Å². The molecule has 0 saturated carbocycles. The van der Waals surface area contributed by atoms with E-state index in [2.05, 4.69) is 0 Å². The van der Waals surface area contributed by atoms with Crippen LogP contribution in [0.15, 0.2) is 47.4 Å². The average Bonchev–Trinajstić information content (AvgIpc) is 2.73. The fraction of sp³-hybridized carbons (Fsp3) is 0.381. The van der Waals surface area contributed by atoms with Crippen LogP contribution in [0.25, 0.3) is 0 Å². The second-order valence-corrected chi connectivity index (χ2v) is 9.63. The number of sulfonamides is 1. The number of carbonyl (C=O) groups is 1. The van der Waals surface area contributed by atoms with Gasteiger partial charge in [-0.2, -0.15) is 4.31 Å². The molecule has 0 unspecified atom stereocenters. The van der Waals surface area contributed by atoms with Crippen molar-refractivity contribution < 1.29 is 22.7 Å². The van der Waals surface area contributed by atoms with E-state index >= 15 is 0 Å². The molecule has 1 heterocycles. The molecule has 1 aliphatic heterocycles. The van der Waals surface area contributed by atoms with Crippen molar-refractivity contribution in [1.82, 2.24) is 4.31 Å². The SMILES string of the molecule is CCCOc1ccccc1OC(=O)C1CCN(S(=O)(=O)c2c(Cl)cccc2Cl)CC1. The molecule has 2 aromatic rings. The molecule has 0 aromatic heterocycles. The van der Waals surface area contributed by atoms with Gasteiger partial charge in [-0.3, -0.25) is 4.79 Å². The highest BCUT2D eigenvalue weighted by Crippen LogP contribution is 2.34. The molecule has 1 aliphatic rings. The number of carbonyl (C=O) groups excluding carboxylic acids is 1. The topological polar surface area (TPSA) is 72.9 Å². The second kappa shape index (κ2) is 10.0. The molecular weight excluding hydrogens is 449 g/mol. The smallest absolute Gasteiger partial charge is 0.314 e. The third kappa shape index (κ3) is 5.09. The molecule has 30 heavy (non-hydrogen) atoms. The summed E-state index contributed by atoms with van der Waals surface area (Å²) in [5.74, 6) is 0.0858. The number of hydrogen-bond acceptors (Lipinski definition) is 5. The third-order valence-electron chi connectivity index (χ3n) is 4.83. The summed E-state index contributed by atoms with van der Waals surface area (Å²) in [4.78, 5) is 12.5. The van der Waals surface area contributed by atoms with Crippen LogP contribution in [0, 0.1) is 5.92 Å². The van der Waals surface area contributed by atoms with Gasteiger partial charge < -0.3 is 9.47 Å². The molecule has 0 bridgehead atoms. The maximum absolute atomic E-state index is 13.0. The van der Waals surface area contributed by atoms with Crippen molar-refractivity contribution >= 4 is 39.2 Å². The minimum atomic E-state index is -3.85. The molecule has 0 amide bonds. The van der Waals surface area contributed by atoms with Gasteiger partial charge in [-0.15, -0.1) is 0 Å². The van der Waals surface area contributed by atoms with Gasteiger partial charge in [0.1, 0.15) is 4.90 Å². The van der Waals surface area contributed by atoms with Gasteiger partial charge in [0.15, 0.2) is 11.5 Å². The van der Waals surface area contributed by atoms with Crippen LogP contribution in [0.3, 0.4) is 0 Å². The van der Waals surface area contributed by atoms with Gasteiger partial charge in [-0.05, 0) is 43.5 Å². The number of rotatable bonds is 7. The van der Waals surface area contributed by atoms with E-state index in [-0.39, 0.29) is 28.0 Å². The van der Waals surface area contributed by atoms with E-state index in [4.69, 9.17) is 32.7 Å². The highest BCUT2D eigenvalue weighted by atomic mass is 35.5. The van der Waals surface area contributed by atoms with Crippen molar-refractivity contribution in [2.75, 3.05) is 19.7 Å². The first kappa shape index (κ1) is 22.9. The molecule has 162 valence electrons. The summed E-state index contributed by atoms with van der Waals surface area (Å²) in [6.45, 7) is 2.87. The number of para-hydroxylation sites is 2. The number of nitrogens with zero attached hydrogens (tertiary/aromatic N) is 1. The Labute approximate surface area is 186 Å². The lowest BCUT2D eigenvalue weighted by Crippen LogP contribution is -2.41. The second-order valence-electron chi connectivity index (χ2n) is 6.95. The van der Waals surface area contributed by atoms with E-state index in [1.807, 2.05) is 13.0 Å². The standard InChI is InChI=1S/C21H23Cl2NO5S/c1-2-14-28-18-8-3-4-9-19(18)29-21(25)15-10-12-24(13-11-15)30(26,27)20-16(22)6-5-7-17(20)23/h3-9,15H,2,10-14H2,1H3. The third-order valence-corrected chi connectivity index (χ3v) is 7.68. The zero-order valence-corrected chi connectivity index (χ0v) is 18.8. The highest BCUT2D eigenvalue weighted by molar-refractivity contribution is 7.89. The lowest BCUT2D eigenvalue weighted by atomic mass is 9.98. The maximum atomic E-state index is 13.0. The van der Waals surface area contributed by atoms with Crippen LogP contribution in [-0.4, -0.2) is 38.4 Å². The Morgan fingerprint density at radius 2 is 1.63 bits per heavy atom. The van der Waals surface area contributed by atoms with Crippen LogP contribution in [0.1, 0.15) is 26.2 Å². The zero-order chi connectivity index (χ0) is 21.7. The Bertz CT molecular complexity index is 984. The Kier molecular flexibility index (Phi) is 7.63. The number of ether oxygens (including phenoxy) is 2. The molecular formula is C21H23Cl2NO5S. The molecule has 3 rings (SSSR count). The monoisotopic (exact) mass is 471 g/mol. The van der Waals surface area contributed by atoms with Crippen molar-refractivity contribution in [1.29, 1.82) is 0 Å². The predicted octanol–water partition coefficient (Wildman–Crippen LogP) is 4.79. The minimum absolute atomic E-state index is 0.0766. The summed E-state index contributed by atoms with van der Waals surface area (Å²) in [6.07, 6.45) is 1.53. The molecule has 0 aliphatic carbocycles. The lowest BCUT2D eigenvalue weighted by molar-refractivity contribution is -0.140. The fourth-order valence-electron chi connectivity index (χ4n) is 3.25. The number of halogens is 2. The minimum Gasteiger partial charge on any atom is -0.490 e. The summed E-state index contributed by atoms with van der Waals surface area (Å²) in [5.41, 5.74) is 0. The molecule has 0 atom stereocenters. The Morgan fingerprint density at radius 1 is 1.03 bits per heavy atom. The fourth-order valence-corrected chi connectivity index (χ4v) is 5.81. The molecule has 0 radical (unpaired) electrons. The van der Waals surface area contributed by atoms with E-state index in [9.17, 15) is 13.2 Å². The number of benzene rings is 2. The zero-order valence-electron chi connectivity index (χ0n) is 16.5. The lowest BCUT2D eigenvalue weighted by Gasteiger charge is -2.30. The first-order valence-electron chi connectivity index (χ1n) is 9.72. The molecule has 1 saturated heterocycles. The molecule has 1 fully saturated rings. The summed E-state index contributed by atoms with van der Waals surface area (Å²) < 4.78 is 38.4. The van der Waals surface area contributed by atoms with E-state index < -0.39 is 21.9 Å². The van der Waals surface area contributed by atoms with E-state index in [0.717, 1.165) is 6.42 Å². The highest BCUT2D eigenvalue weighted by Gasteiger charge is 2.35. The van der Waals surface area contributed by atoms with Crippen molar-refractivity contribution in [3.05, 3.63) is 52.5 Å². The van der Waals surface area contributed by atoms with Gasteiger partial charge >= 0.3 is 5.97 Å². The van der Waals surface area contributed by atoms with Crippen LogP contribution in [0.2, 0.25) is 10.0 Å². The first-order chi connectivity index (χ1) is 14.3.